The van der Waals surface area contributed by atoms with Crippen molar-refractivity contribution < 1.29 is 13.2 Å². The molecule has 114 valence electrons. The van der Waals surface area contributed by atoms with Gasteiger partial charge in [0.05, 0.1) is 17.2 Å². The van der Waals surface area contributed by atoms with E-state index in [1.54, 1.807) is 0 Å². The van der Waals surface area contributed by atoms with Gasteiger partial charge >= 0.3 is 0 Å². The normalized spacial score (nSPS) is 19.7. The molecule has 1 aliphatic heterocycles. The lowest BCUT2D eigenvalue weighted by Gasteiger charge is -2.17. The minimum absolute atomic E-state index is 0. The van der Waals surface area contributed by atoms with Crippen molar-refractivity contribution in [2.24, 2.45) is 5.73 Å². The standard InChI is InChI=1S/C11H14Cl2N2O3S.ClH/c1-18-10-4-9(13)11(5-8(10)12)19(16,17)15-3-2-7(14)6-15;/h4-5,7H,2-3,6,14H2,1H3;1H/t7-;/m1./s1. The van der Waals surface area contributed by atoms with E-state index in [0.29, 0.717) is 25.3 Å². The van der Waals surface area contributed by atoms with Gasteiger partial charge in [-0.3, -0.25) is 0 Å². The molecular formula is C11H15Cl3N2O3S. The van der Waals surface area contributed by atoms with Crippen LogP contribution in [0.1, 0.15) is 6.42 Å². The Morgan fingerprint density at radius 3 is 2.50 bits per heavy atom. The predicted molar refractivity (Wildman–Crippen MR) is 81.6 cm³/mol. The summed E-state index contributed by atoms with van der Waals surface area (Å²) in [6, 6.07) is 2.57. The van der Waals surface area contributed by atoms with Gasteiger partial charge in [0.1, 0.15) is 10.6 Å². The summed E-state index contributed by atoms with van der Waals surface area (Å²) < 4.78 is 31.2. The number of methoxy groups -OCH3 is 1. The Morgan fingerprint density at radius 2 is 2.00 bits per heavy atom. The Kier molecular flexibility index (Phi) is 5.95. The third-order valence-electron chi connectivity index (χ3n) is 3.01. The molecule has 5 nitrogen and oxygen atoms in total. The summed E-state index contributed by atoms with van der Waals surface area (Å²) in [5.74, 6) is 0.337. The number of benzene rings is 1. The second-order valence-corrected chi connectivity index (χ2v) is 7.05. The van der Waals surface area contributed by atoms with Crippen molar-refractivity contribution in [1.82, 2.24) is 4.31 Å². The molecule has 1 aromatic carbocycles. The van der Waals surface area contributed by atoms with Gasteiger partial charge in [-0.05, 0) is 12.5 Å². The van der Waals surface area contributed by atoms with E-state index in [1.165, 1.54) is 23.5 Å². The van der Waals surface area contributed by atoms with Crippen molar-refractivity contribution in [2.75, 3.05) is 20.2 Å². The smallest absolute Gasteiger partial charge is 0.244 e. The molecule has 0 radical (unpaired) electrons. The van der Waals surface area contributed by atoms with E-state index in [1.807, 2.05) is 0 Å². The summed E-state index contributed by atoms with van der Waals surface area (Å²) in [5, 5.41) is 0.288. The largest absolute Gasteiger partial charge is 0.495 e. The molecule has 1 heterocycles. The predicted octanol–water partition coefficient (Wildman–Crippen LogP) is 2.15. The van der Waals surface area contributed by atoms with Crippen LogP contribution in [0.15, 0.2) is 17.0 Å². The number of sulfonamides is 1. The van der Waals surface area contributed by atoms with Gasteiger partial charge in [-0.2, -0.15) is 4.31 Å². The third-order valence-corrected chi connectivity index (χ3v) is 5.64. The molecule has 2 N–H and O–H groups in total. The van der Waals surface area contributed by atoms with E-state index in [9.17, 15) is 8.42 Å². The minimum Gasteiger partial charge on any atom is -0.495 e. The van der Waals surface area contributed by atoms with E-state index < -0.39 is 10.0 Å². The Balaban J connectivity index is 0.00000200. The maximum absolute atomic E-state index is 12.4. The van der Waals surface area contributed by atoms with Gasteiger partial charge in [-0.1, -0.05) is 23.2 Å². The molecule has 0 spiro atoms. The second-order valence-electron chi connectivity index (χ2n) is 4.33. The number of hydrogen-bond acceptors (Lipinski definition) is 4. The molecule has 0 aromatic heterocycles. The summed E-state index contributed by atoms with van der Waals surface area (Å²) >= 11 is 12.0. The first kappa shape index (κ1) is 17.8. The molecule has 2 rings (SSSR count). The molecule has 9 heteroatoms. The van der Waals surface area contributed by atoms with Crippen LogP contribution in [0.3, 0.4) is 0 Å². The fraction of sp³-hybridized carbons (Fsp3) is 0.455. The minimum atomic E-state index is -3.67. The lowest BCUT2D eigenvalue weighted by Crippen LogP contribution is -2.32. The molecule has 0 unspecified atom stereocenters. The Hall–Kier alpha value is -0.240. The third kappa shape index (κ3) is 3.32. The van der Waals surface area contributed by atoms with Crippen LogP contribution in [0, 0.1) is 0 Å². The van der Waals surface area contributed by atoms with Gasteiger partial charge in [0.15, 0.2) is 0 Å². The van der Waals surface area contributed by atoms with Crippen LogP contribution in [0.25, 0.3) is 0 Å². The molecule has 1 saturated heterocycles. The number of nitrogens with two attached hydrogens (primary N) is 1. The summed E-state index contributed by atoms with van der Waals surface area (Å²) in [4.78, 5) is -0.0194. The van der Waals surface area contributed by atoms with Crippen LogP contribution in [-0.2, 0) is 10.0 Å². The Morgan fingerprint density at radius 1 is 1.35 bits per heavy atom. The highest BCUT2D eigenvalue weighted by Crippen LogP contribution is 2.35. The highest BCUT2D eigenvalue weighted by molar-refractivity contribution is 7.89. The zero-order chi connectivity index (χ0) is 14.2. The van der Waals surface area contributed by atoms with Crippen molar-refractivity contribution >= 4 is 45.6 Å². The highest BCUT2D eigenvalue weighted by Gasteiger charge is 2.32. The average Bonchev–Trinajstić information content (AvgIpc) is 2.79. The number of halogens is 3. The van der Waals surface area contributed by atoms with Crippen LogP contribution in [-0.4, -0.2) is 39.0 Å². The van der Waals surface area contributed by atoms with Crippen molar-refractivity contribution in [2.45, 2.75) is 17.4 Å². The van der Waals surface area contributed by atoms with E-state index in [0.717, 1.165) is 0 Å². The monoisotopic (exact) mass is 360 g/mol. The van der Waals surface area contributed by atoms with E-state index in [2.05, 4.69) is 0 Å². The summed E-state index contributed by atoms with van der Waals surface area (Å²) in [6.07, 6.45) is 0.640. The zero-order valence-electron chi connectivity index (χ0n) is 10.7. The topological polar surface area (TPSA) is 72.6 Å². The van der Waals surface area contributed by atoms with Crippen LogP contribution in [0.2, 0.25) is 10.0 Å². The average molecular weight is 362 g/mol. The van der Waals surface area contributed by atoms with Crippen LogP contribution < -0.4 is 10.5 Å². The van der Waals surface area contributed by atoms with E-state index in [-0.39, 0.29) is 33.4 Å². The summed E-state index contributed by atoms with van der Waals surface area (Å²) in [5.41, 5.74) is 5.73. The van der Waals surface area contributed by atoms with Gasteiger partial charge < -0.3 is 10.5 Å². The first-order chi connectivity index (χ1) is 8.86. The number of nitrogens with zero attached hydrogens (tertiary/aromatic N) is 1. The molecule has 0 amide bonds. The lowest BCUT2D eigenvalue weighted by atomic mass is 10.3. The van der Waals surface area contributed by atoms with Crippen LogP contribution >= 0.6 is 35.6 Å². The first-order valence-corrected chi connectivity index (χ1v) is 7.84. The molecule has 0 aliphatic carbocycles. The maximum atomic E-state index is 12.4. The van der Waals surface area contributed by atoms with E-state index in [4.69, 9.17) is 33.7 Å². The van der Waals surface area contributed by atoms with Crippen molar-refractivity contribution in [3.05, 3.63) is 22.2 Å². The number of hydrogen-bond donors (Lipinski definition) is 1. The fourth-order valence-electron chi connectivity index (χ4n) is 1.98. The molecule has 1 aliphatic rings. The van der Waals surface area contributed by atoms with Crippen LogP contribution in [0.4, 0.5) is 0 Å². The molecular weight excluding hydrogens is 347 g/mol. The Labute approximate surface area is 134 Å². The van der Waals surface area contributed by atoms with Crippen molar-refractivity contribution in [1.29, 1.82) is 0 Å². The molecule has 0 bridgehead atoms. The fourth-order valence-corrected chi connectivity index (χ4v) is 4.31. The molecule has 1 aromatic rings. The SMILES string of the molecule is COc1cc(Cl)c(S(=O)(=O)N2CC[C@@H](N)C2)cc1Cl.Cl. The van der Waals surface area contributed by atoms with Gasteiger partial charge in [0.25, 0.3) is 0 Å². The van der Waals surface area contributed by atoms with Gasteiger partial charge in [0, 0.05) is 25.2 Å². The Bertz CT molecular complexity index is 595. The number of rotatable bonds is 3. The van der Waals surface area contributed by atoms with Gasteiger partial charge in [-0.25, -0.2) is 8.42 Å². The highest BCUT2D eigenvalue weighted by atomic mass is 35.5. The number of ether oxygens (including phenoxy) is 1. The van der Waals surface area contributed by atoms with Crippen LogP contribution in [0.5, 0.6) is 5.75 Å². The molecule has 20 heavy (non-hydrogen) atoms. The first-order valence-electron chi connectivity index (χ1n) is 5.65. The zero-order valence-corrected chi connectivity index (χ0v) is 13.8. The van der Waals surface area contributed by atoms with Gasteiger partial charge in [0.2, 0.25) is 10.0 Å². The van der Waals surface area contributed by atoms with Crippen molar-refractivity contribution in [3.8, 4) is 5.75 Å². The molecule has 1 atom stereocenters. The maximum Gasteiger partial charge on any atom is 0.244 e. The molecule has 0 saturated carbocycles. The van der Waals surface area contributed by atoms with Gasteiger partial charge in [-0.15, -0.1) is 12.4 Å². The summed E-state index contributed by atoms with van der Waals surface area (Å²) in [6.45, 7) is 0.686. The lowest BCUT2D eigenvalue weighted by molar-refractivity contribution is 0.414. The summed E-state index contributed by atoms with van der Waals surface area (Å²) in [7, 11) is -2.23. The van der Waals surface area contributed by atoms with E-state index >= 15 is 0 Å². The quantitative estimate of drug-likeness (QED) is 0.895. The molecule has 1 fully saturated rings. The second kappa shape index (κ2) is 6.68. The van der Waals surface area contributed by atoms with Crippen molar-refractivity contribution in [3.63, 3.8) is 0 Å².